The summed E-state index contributed by atoms with van der Waals surface area (Å²) in [6, 6.07) is 30.3. The van der Waals surface area contributed by atoms with E-state index < -0.39 is 12.1 Å². The number of aromatic amines is 2. The van der Waals surface area contributed by atoms with Gasteiger partial charge in [0, 0.05) is 38.8 Å². The number of carbonyl (C=O) groups is 3. The van der Waals surface area contributed by atoms with Gasteiger partial charge in [-0.15, -0.1) is 0 Å². The maximum atomic E-state index is 14.4. The molecule has 13 heteroatoms. The minimum Gasteiger partial charge on any atom is -0.453 e. The van der Waals surface area contributed by atoms with Crippen molar-refractivity contribution in [1.29, 1.82) is 0 Å². The Balaban J connectivity index is 0.874. The van der Waals surface area contributed by atoms with Crippen LogP contribution in [-0.2, 0) is 19.1 Å². The van der Waals surface area contributed by atoms with Gasteiger partial charge in [0.2, 0.25) is 11.8 Å². The van der Waals surface area contributed by atoms with Gasteiger partial charge < -0.3 is 29.2 Å². The van der Waals surface area contributed by atoms with Crippen LogP contribution in [0.1, 0.15) is 74.9 Å². The van der Waals surface area contributed by atoms with Crippen LogP contribution in [0.5, 0.6) is 0 Å². The molecule has 1 unspecified atom stereocenters. The number of amides is 3. The van der Waals surface area contributed by atoms with Gasteiger partial charge in [-0.05, 0) is 76.8 Å². The number of morpholine rings is 1. The van der Waals surface area contributed by atoms with Crippen LogP contribution in [0.25, 0.3) is 44.4 Å². The average Bonchev–Trinajstić information content (AvgIpc) is 4.17. The van der Waals surface area contributed by atoms with Crippen LogP contribution < -0.4 is 0 Å². The zero-order valence-corrected chi connectivity index (χ0v) is 36.5. The molecule has 9 rings (SSSR count). The van der Waals surface area contributed by atoms with Gasteiger partial charge in [-0.1, -0.05) is 92.7 Å². The number of carbonyl (C=O) groups excluding carboxylic acids is 3. The van der Waals surface area contributed by atoms with Gasteiger partial charge in [0.15, 0.2) is 0 Å². The van der Waals surface area contributed by atoms with Crippen LogP contribution in [0, 0.1) is 5.92 Å². The monoisotopic (exact) mass is 848 g/mol. The van der Waals surface area contributed by atoms with Gasteiger partial charge in [0.1, 0.15) is 23.7 Å². The molecule has 0 aliphatic carbocycles. The summed E-state index contributed by atoms with van der Waals surface area (Å²) in [5.74, 6) is 1.51. The van der Waals surface area contributed by atoms with Crippen molar-refractivity contribution in [3.05, 3.63) is 121 Å². The lowest BCUT2D eigenvalue weighted by Crippen LogP contribution is -2.51. The van der Waals surface area contributed by atoms with E-state index in [2.05, 4.69) is 87.7 Å². The molecule has 3 fully saturated rings. The lowest BCUT2D eigenvalue weighted by Gasteiger charge is -2.37. The van der Waals surface area contributed by atoms with E-state index in [4.69, 9.17) is 19.4 Å². The van der Waals surface area contributed by atoms with Crippen molar-refractivity contribution in [2.24, 2.45) is 5.92 Å². The van der Waals surface area contributed by atoms with E-state index in [1.54, 1.807) is 7.05 Å². The largest absolute Gasteiger partial charge is 0.453 e. The zero-order chi connectivity index (χ0) is 43.6. The average molecular weight is 849 g/mol. The molecule has 0 saturated carbocycles. The van der Waals surface area contributed by atoms with Gasteiger partial charge in [0.05, 0.1) is 56.2 Å². The number of hydrogen-bond donors (Lipinski definition) is 2. The van der Waals surface area contributed by atoms with E-state index in [1.807, 2.05) is 54.2 Å². The van der Waals surface area contributed by atoms with Crippen molar-refractivity contribution in [2.75, 3.05) is 53.6 Å². The second kappa shape index (κ2) is 18.2. The predicted molar refractivity (Wildman–Crippen MR) is 242 cm³/mol. The maximum absolute atomic E-state index is 14.4. The van der Waals surface area contributed by atoms with Gasteiger partial charge in [-0.2, -0.15) is 0 Å². The van der Waals surface area contributed by atoms with Crippen molar-refractivity contribution in [3.63, 3.8) is 0 Å². The first-order valence-electron chi connectivity index (χ1n) is 22.2. The fourth-order valence-corrected chi connectivity index (χ4v) is 9.83. The van der Waals surface area contributed by atoms with E-state index in [0.717, 1.165) is 100 Å². The molecule has 3 amide bonds. The zero-order valence-electron chi connectivity index (χ0n) is 36.5. The second-order valence-electron chi connectivity index (χ2n) is 17.3. The topological polar surface area (TPSA) is 140 Å². The molecule has 0 spiro atoms. The number of imidazole rings is 2. The Morgan fingerprint density at radius 3 is 1.84 bits per heavy atom. The minimum atomic E-state index is -0.631. The van der Waals surface area contributed by atoms with Gasteiger partial charge in [-0.25, -0.2) is 14.8 Å². The highest BCUT2D eigenvalue weighted by Crippen LogP contribution is 2.37. The molecule has 3 aliphatic heterocycles. The van der Waals surface area contributed by atoms with Crippen LogP contribution in [0.15, 0.2) is 103 Å². The number of hydrogen-bond acceptors (Lipinski definition) is 8. The SMILES string of the molecule is COC(=O)N(C)[C@H](C(=O)N1CCC[C@H]1c1ncc(-c2ccc3cc(-c4ccc(-c5cnc([C@@H]6CCCN6C(=O)C(c6ccccc6)N6CCOCC6)[nH]5)cc4)ccc3c2)[nH]1)C(C)C. The third-order valence-corrected chi connectivity index (χ3v) is 13.1. The molecular weight excluding hydrogens is 793 g/mol. The number of likely N-dealkylation sites (N-methyl/N-ethyl adjacent to an activating group) is 1. The highest BCUT2D eigenvalue weighted by atomic mass is 16.5. The number of fused-ring (bicyclic) bond motifs is 1. The number of likely N-dealkylation sites (tertiary alicyclic amines) is 2. The summed E-state index contributed by atoms with van der Waals surface area (Å²) >= 11 is 0. The normalized spacial score (nSPS) is 19.1. The smallest absolute Gasteiger partial charge is 0.409 e. The Kier molecular flexibility index (Phi) is 12.1. The summed E-state index contributed by atoms with van der Waals surface area (Å²) in [4.78, 5) is 64.8. The standard InChI is InChI=1S/C50H56N8O5/c1-32(2)44(55(3)50(61)62-4)48(59)57-22-8-12-42(57)47-52-31-41(54-47)39-21-20-37-28-36(18-19-38(37)29-39)33-14-16-34(17-15-33)40-30-51-46(53-40)43-13-9-23-58(43)49(60)45(35-10-6-5-7-11-35)56-24-26-63-27-25-56/h5-7,10-11,14-21,28-32,42-45H,8-9,12-13,22-27H2,1-4H3,(H,51,53)(H,52,54)/t42-,43-,44-,45?/m0/s1. The Labute approximate surface area is 368 Å². The van der Waals surface area contributed by atoms with Crippen LogP contribution in [0.2, 0.25) is 0 Å². The Morgan fingerprint density at radius 1 is 0.698 bits per heavy atom. The first-order valence-corrected chi connectivity index (χ1v) is 22.2. The summed E-state index contributed by atoms with van der Waals surface area (Å²) in [5.41, 5.74) is 7.10. The maximum Gasteiger partial charge on any atom is 0.409 e. The van der Waals surface area contributed by atoms with Gasteiger partial charge >= 0.3 is 6.09 Å². The molecular formula is C50H56N8O5. The fraction of sp³-hybridized carbons (Fsp3) is 0.380. The molecule has 4 aromatic carbocycles. The molecule has 63 heavy (non-hydrogen) atoms. The molecule has 2 N–H and O–H groups in total. The third kappa shape index (κ3) is 8.47. The predicted octanol–water partition coefficient (Wildman–Crippen LogP) is 8.41. The summed E-state index contributed by atoms with van der Waals surface area (Å²) in [6.07, 6.45) is 6.66. The molecule has 0 bridgehead atoms. The number of nitrogens with zero attached hydrogens (tertiary/aromatic N) is 6. The van der Waals surface area contributed by atoms with Crippen molar-refractivity contribution in [2.45, 2.75) is 63.7 Å². The number of aromatic nitrogens is 4. The van der Waals surface area contributed by atoms with E-state index in [0.29, 0.717) is 26.3 Å². The third-order valence-electron chi connectivity index (χ3n) is 13.1. The lowest BCUT2D eigenvalue weighted by atomic mass is 9.98. The first-order chi connectivity index (χ1) is 30.7. The van der Waals surface area contributed by atoms with Crippen molar-refractivity contribution in [3.8, 4) is 33.6 Å². The Bertz CT molecular complexity index is 2560. The molecule has 0 radical (unpaired) electrons. The molecule has 326 valence electrons. The fourth-order valence-electron chi connectivity index (χ4n) is 9.83. The molecule has 5 heterocycles. The Hall–Kier alpha value is -6.31. The number of benzene rings is 4. The number of ether oxygens (including phenoxy) is 2. The Morgan fingerprint density at radius 2 is 1.24 bits per heavy atom. The highest BCUT2D eigenvalue weighted by Gasteiger charge is 2.41. The van der Waals surface area contributed by atoms with Crippen molar-refractivity contribution < 1.29 is 23.9 Å². The van der Waals surface area contributed by atoms with E-state index in [-0.39, 0.29) is 35.9 Å². The summed E-state index contributed by atoms with van der Waals surface area (Å²) in [7, 11) is 2.95. The van der Waals surface area contributed by atoms with Crippen molar-refractivity contribution in [1.82, 2.24) is 39.5 Å². The van der Waals surface area contributed by atoms with E-state index >= 15 is 0 Å². The summed E-state index contributed by atoms with van der Waals surface area (Å²) in [5, 5.41) is 2.23. The van der Waals surface area contributed by atoms with Gasteiger partial charge in [0.25, 0.3) is 0 Å². The molecule has 3 saturated heterocycles. The molecule has 13 nitrogen and oxygen atoms in total. The van der Waals surface area contributed by atoms with Crippen LogP contribution >= 0.6 is 0 Å². The summed E-state index contributed by atoms with van der Waals surface area (Å²) < 4.78 is 10.6. The second-order valence-corrected chi connectivity index (χ2v) is 17.3. The van der Waals surface area contributed by atoms with E-state index in [9.17, 15) is 14.4 Å². The molecule has 4 atom stereocenters. The highest BCUT2D eigenvalue weighted by molar-refractivity contribution is 5.91. The van der Waals surface area contributed by atoms with Crippen LogP contribution in [-0.4, -0.2) is 117 Å². The molecule has 2 aromatic heterocycles. The first kappa shape index (κ1) is 42.0. The van der Waals surface area contributed by atoms with Crippen molar-refractivity contribution >= 4 is 28.7 Å². The summed E-state index contributed by atoms with van der Waals surface area (Å²) in [6.45, 7) is 7.92. The van der Waals surface area contributed by atoms with Crippen LogP contribution in [0.4, 0.5) is 4.79 Å². The lowest BCUT2D eigenvalue weighted by molar-refractivity contribution is -0.140. The minimum absolute atomic E-state index is 0.0856. The van der Waals surface area contributed by atoms with Crippen LogP contribution in [0.3, 0.4) is 0 Å². The quantitative estimate of drug-likeness (QED) is 0.133. The number of nitrogens with one attached hydrogen (secondary N) is 2. The van der Waals surface area contributed by atoms with Gasteiger partial charge in [-0.3, -0.25) is 19.4 Å². The number of methoxy groups -OCH3 is 1. The number of H-pyrrole nitrogens is 2. The molecule has 6 aromatic rings. The molecule has 3 aliphatic rings. The van der Waals surface area contributed by atoms with E-state index in [1.165, 1.54) is 12.0 Å². The number of rotatable bonds is 11.